The van der Waals surface area contributed by atoms with Crippen LogP contribution in [0.1, 0.15) is 25.7 Å². The van der Waals surface area contributed by atoms with Gasteiger partial charge in [0, 0.05) is 32.3 Å². The Morgan fingerprint density at radius 2 is 2.12 bits per heavy atom. The second-order valence-electron chi connectivity index (χ2n) is 6.51. The van der Waals surface area contributed by atoms with Crippen molar-refractivity contribution >= 4 is 27.7 Å². The lowest BCUT2D eigenvalue weighted by Crippen LogP contribution is -2.46. The zero-order valence-corrected chi connectivity index (χ0v) is 14.6. The summed E-state index contributed by atoms with van der Waals surface area (Å²) in [6.07, 6.45) is 7.38. The molecule has 0 saturated carbocycles. The number of carbonyl (C=O) groups is 2. The summed E-state index contributed by atoms with van der Waals surface area (Å²) >= 11 is 0. The van der Waals surface area contributed by atoms with E-state index in [9.17, 15) is 18.0 Å². The van der Waals surface area contributed by atoms with Crippen LogP contribution < -0.4 is 0 Å². The molecule has 0 spiro atoms. The van der Waals surface area contributed by atoms with Gasteiger partial charge < -0.3 is 14.9 Å². The molecule has 1 saturated heterocycles. The zero-order valence-electron chi connectivity index (χ0n) is 13.8. The highest BCUT2D eigenvalue weighted by atomic mass is 32.2. The van der Waals surface area contributed by atoms with Crippen molar-refractivity contribution in [1.82, 2.24) is 9.80 Å². The topological polar surface area (TPSA) is 107 Å². The third kappa shape index (κ3) is 4.09. The molecule has 1 atom stereocenters. The normalized spacial score (nSPS) is 25.0. The molecule has 0 aromatic carbocycles. The Bertz CT molecular complexity index is 769. The molecule has 9 heteroatoms. The first kappa shape index (κ1) is 17.7. The Morgan fingerprint density at radius 3 is 2.88 bits per heavy atom. The number of likely N-dealkylation sites (tertiary alicyclic amines) is 1. The average Bonchev–Trinajstić information content (AvgIpc) is 2.58. The zero-order chi connectivity index (χ0) is 18.0. The van der Waals surface area contributed by atoms with Crippen molar-refractivity contribution in [3.05, 3.63) is 23.9 Å². The minimum Gasteiger partial charge on any atom is -0.481 e. The number of nitrogens with zero attached hydrogens (tertiary/aromatic N) is 3. The van der Waals surface area contributed by atoms with Crippen LogP contribution in [-0.2, 0) is 19.6 Å². The van der Waals surface area contributed by atoms with Crippen LogP contribution in [-0.4, -0.2) is 66.4 Å². The number of amides is 1. The number of carboxylic acid groups (broad SMARTS) is 1. The minimum atomic E-state index is -3.54. The summed E-state index contributed by atoms with van der Waals surface area (Å²) in [6.45, 7) is 1.36. The molecule has 136 valence electrons. The quantitative estimate of drug-likeness (QED) is 0.779. The van der Waals surface area contributed by atoms with Gasteiger partial charge in [-0.3, -0.25) is 9.59 Å². The smallest absolute Gasteiger partial charge is 0.303 e. The minimum absolute atomic E-state index is 0.0662. The summed E-state index contributed by atoms with van der Waals surface area (Å²) < 4.78 is 27.4. The number of carbonyl (C=O) groups excluding carboxylic acids is 1. The summed E-state index contributed by atoms with van der Waals surface area (Å²) in [5, 5.41) is 8.83. The van der Waals surface area contributed by atoms with Crippen molar-refractivity contribution in [2.24, 2.45) is 10.3 Å². The van der Waals surface area contributed by atoms with E-state index < -0.39 is 16.0 Å². The van der Waals surface area contributed by atoms with Crippen LogP contribution in [0.15, 0.2) is 28.3 Å². The van der Waals surface area contributed by atoms with Crippen molar-refractivity contribution in [2.75, 3.05) is 25.4 Å². The second kappa shape index (κ2) is 6.99. The molecular formula is C16H21N3O5S. The molecule has 25 heavy (non-hydrogen) atoms. The highest BCUT2D eigenvalue weighted by Crippen LogP contribution is 2.25. The van der Waals surface area contributed by atoms with E-state index in [0.717, 1.165) is 12.8 Å². The third-order valence-electron chi connectivity index (χ3n) is 4.66. The fourth-order valence-corrected chi connectivity index (χ4v) is 4.35. The van der Waals surface area contributed by atoms with E-state index in [-0.39, 0.29) is 42.0 Å². The maximum absolute atomic E-state index is 12.9. The number of rotatable bonds is 4. The van der Waals surface area contributed by atoms with Gasteiger partial charge in [0.25, 0.3) is 15.9 Å². The van der Waals surface area contributed by atoms with Gasteiger partial charge >= 0.3 is 5.97 Å². The van der Waals surface area contributed by atoms with Gasteiger partial charge in [0.1, 0.15) is 0 Å². The second-order valence-corrected chi connectivity index (χ2v) is 8.26. The summed E-state index contributed by atoms with van der Waals surface area (Å²) in [5.74, 6) is -0.803. The van der Waals surface area contributed by atoms with Crippen LogP contribution in [0.4, 0.5) is 0 Å². The number of sulfonamides is 1. The fraction of sp³-hybridized carbons (Fsp3) is 0.562. The Kier molecular flexibility index (Phi) is 4.94. The van der Waals surface area contributed by atoms with Crippen molar-refractivity contribution in [3.63, 3.8) is 0 Å². The van der Waals surface area contributed by atoms with E-state index in [2.05, 4.69) is 4.40 Å². The molecule has 3 aliphatic rings. The molecule has 0 aromatic heterocycles. The lowest BCUT2D eigenvalue weighted by molar-refractivity contribution is -0.137. The van der Waals surface area contributed by atoms with Gasteiger partial charge in [-0.15, -0.1) is 4.40 Å². The fourth-order valence-electron chi connectivity index (χ4n) is 3.37. The molecule has 0 aliphatic carbocycles. The number of amidine groups is 1. The molecule has 1 fully saturated rings. The molecule has 0 aromatic rings. The van der Waals surface area contributed by atoms with Crippen molar-refractivity contribution in [2.45, 2.75) is 25.7 Å². The largest absolute Gasteiger partial charge is 0.481 e. The molecule has 0 bridgehead atoms. The van der Waals surface area contributed by atoms with Crippen LogP contribution in [0.5, 0.6) is 0 Å². The Balaban J connectivity index is 1.75. The van der Waals surface area contributed by atoms with Crippen LogP contribution in [0, 0.1) is 5.92 Å². The van der Waals surface area contributed by atoms with Crippen molar-refractivity contribution in [1.29, 1.82) is 0 Å². The number of allylic oxidation sites excluding steroid dienone is 2. The highest BCUT2D eigenvalue weighted by molar-refractivity contribution is 7.90. The Labute approximate surface area is 146 Å². The van der Waals surface area contributed by atoms with Crippen molar-refractivity contribution < 1.29 is 23.1 Å². The number of hydrogen-bond donors (Lipinski definition) is 1. The van der Waals surface area contributed by atoms with Crippen LogP contribution in [0.3, 0.4) is 0 Å². The van der Waals surface area contributed by atoms with E-state index in [1.165, 1.54) is 0 Å². The van der Waals surface area contributed by atoms with E-state index in [1.54, 1.807) is 28.2 Å². The number of carboxylic acids is 1. The Hall–Kier alpha value is -2.16. The maximum Gasteiger partial charge on any atom is 0.303 e. The summed E-state index contributed by atoms with van der Waals surface area (Å²) in [5.41, 5.74) is 0.282. The van der Waals surface area contributed by atoms with E-state index in [0.29, 0.717) is 19.5 Å². The van der Waals surface area contributed by atoms with Crippen LogP contribution >= 0.6 is 0 Å². The first-order chi connectivity index (χ1) is 11.9. The van der Waals surface area contributed by atoms with Gasteiger partial charge in [0.2, 0.25) is 0 Å². The number of piperidine rings is 1. The third-order valence-corrected chi connectivity index (χ3v) is 5.81. The molecule has 3 heterocycles. The lowest BCUT2D eigenvalue weighted by atomic mass is 9.92. The van der Waals surface area contributed by atoms with Gasteiger partial charge in [-0.1, -0.05) is 0 Å². The van der Waals surface area contributed by atoms with Gasteiger partial charge in [-0.05, 0) is 37.3 Å². The molecule has 3 rings (SSSR count). The van der Waals surface area contributed by atoms with Crippen molar-refractivity contribution in [3.8, 4) is 0 Å². The first-order valence-electron chi connectivity index (χ1n) is 8.35. The predicted octanol–water partition coefficient (Wildman–Crippen LogP) is 0.587. The maximum atomic E-state index is 12.9. The highest BCUT2D eigenvalue weighted by Gasteiger charge is 2.33. The predicted molar refractivity (Wildman–Crippen MR) is 91.3 cm³/mol. The molecule has 1 N–H and O–H groups in total. The van der Waals surface area contributed by atoms with Gasteiger partial charge in [0.05, 0.1) is 11.3 Å². The average molecular weight is 367 g/mol. The monoisotopic (exact) mass is 367 g/mol. The molecule has 1 amide bonds. The van der Waals surface area contributed by atoms with E-state index >= 15 is 0 Å². The standard InChI is InChI=1S/C16H21N3O5S/c20-14(21)6-5-12-3-1-8-19(11-12)16(22)13-4-2-7-18-9-10-25(23,24)17-15(13)18/h2,4,7,12H,1,3,5-6,8-11H2,(H,20,21). The number of hydrogen-bond acceptors (Lipinski definition) is 5. The van der Waals surface area contributed by atoms with E-state index in [1.807, 2.05) is 0 Å². The summed E-state index contributed by atoms with van der Waals surface area (Å²) in [7, 11) is -3.54. The molecule has 0 radical (unpaired) electrons. The molecule has 3 aliphatic heterocycles. The molecule has 1 unspecified atom stereocenters. The molecular weight excluding hydrogens is 346 g/mol. The van der Waals surface area contributed by atoms with Crippen LogP contribution in [0.25, 0.3) is 0 Å². The first-order valence-corrected chi connectivity index (χ1v) is 9.96. The van der Waals surface area contributed by atoms with Gasteiger partial charge in [-0.2, -0.15) is 0 Å². The number of aliphatic carboxylic acids is 1. The van der Waals surface area contributed by atoms with E-state index in [4.69, 9.17) is 5.11 Å². The van der Waals surface area contributed by atoms with Gasteiger partial charge in [-0.25, -0.2) is 8.42 Å². The summed E-state index contributed by atoms with van der Waals surface area (Å²) in [6, 6.07) is 0. The number of fused-ring (bicyclic) bond motifs is 1. The molecule has 8 nitrogen and oxygen atoms in total. The van der Waals surface area contributed by atoms with Crippen LogP contribution in [0.2, 0.25) is 0 Å². The SMILES string of the molecule is O=C(O)CCC1CCCN(C(=O)C2=CC=CN3CCS(=O)(=O)N=C23)C1. The lowest BCUT2D eigenvalue weighted by Gasteiger charge is -2.35. The Morgan fingerprint density at radius 1 is 1.32 bits per heavy atom. The summed E-state index contributed by atoms with van der Waals surface area (Å²) in [4.78, 5) is 27.0. The van der Waals surface area contributed by atoms with Gasteiger partial charge in [0.15, 0.2) is 5.84 Å².